The molecular weight excluding hydrogens is 471 g/mol. The molecule has 0 heterocycles. The number of carbonyl (C=O) groups excluding carboxylic acids is 2. The molecule has 31 heavy (non-hydrogen) atoms. The number of guanidine groups is 2. The molecule has 2 amide bonds. The fraction of sp³-hybridized carbons (Fsp3) is 0.0588. The van der Waals surface area contributed by atoms with Crippen molar-refractivity contribution in [3.8, 4) is 11.5 Å². The Labute approximate surface area is 190 Å². The molecule has 0 aliphatic rings. The number of carbonyl (C=O) groups is 2. The first-order valence-corrected chi connectivity index (χ1v) is 9.77. The van der Waals surface area contributed by atoms with Crippen molar-refractivity contribution in [3.05, 3.63) is 59.7 Å². The first kappa shape index (κ1) is 27.6. The topological polar surface area (TPSA) is 192 Å². The van der Waals surface area contributed by atoms with Gasteiger partial charge in [-0.2, -0.15) is 4.99 Å². The zero-order valence-electron chi connectivity index (χ0n) is 16.0. The van der Waals surface area contributed by atoms with Crippen LogP contribution in [-0.2, 0) is 10.0 Å². The number of nitrogens with two attached hydrogens (primary N) is 3. The van der Waals surface area contributed by atoms with Crippen molar-refractivity contribution < 1.29 is 22.7 Å². The summed E-state index contributed by atoms with van der Waals surface area (Å²) in [6.07, 6.45) is 0.841. The van der Waals surface area contributed by atoms with E-state index in [-0.39, 0.29) is 47.7 Å². The number of benzene rings is 2. The van der Waals surface area contributed by atoms with Crippen molar-refractivity contribution in [2.75, 3.05) is 6.26 Å². The van der Waals surface area contributed by atoms with Gasteiger partial charge in [0.25, 0.3) is 21.8 Å². The molecule has 0 radical (unpaired) electrons. The molecule has 7 N–H and O–H groups in total. The normalized spacial score (nSPS) is 10.7. The van der Waals surface area contributed by atoms with Gasteiger partial charge >= 0.3 is 0 Å². The van der Waals surface area contributed by atoms with E-state index in [0.29, 0.717) is 5.75 Å². The lowest BCUT2D eigenvalue weighted by Gasteiger charge is -2.10. The molecule has 0 saturated carbocycles. The van der Waals surface area contributed by atoms with Crippen molar-refractivity contribution in [2.24, 2.45) is 26.6 Å². The van der Waals surface area contributed by atoms with Crippen LogP contribution >= 0.6 is 24.8 Å². The van der Waals surface area contributed by atoms with Crippen LogP contribution in [0.1, 0.15) is 20.7 Å². The van der Waals surface area contributed by atoms with E-state index in [9.17, 15) is 18.0 Å². The highest BCUT2D eigenvalue weighted by Gasteiger charge is 2.13. The van der Waals surface area contributed by atoms with Gasteiger partial charge in [0.1, 0.15) is 11.5 Å². The average Bonchev–Trinajstić information content (AvgIpc) is 2.60. The summed E-state index contributed by atoms with van der Waals surface area (Å²) >= 11 is 0. The fourth-order valence-electron chi connectivity index (χ4n) is 2.10. The zero-order chi connectivity index (χ0) is 21.6. The van der Waals surface area contributed by atoms with Crippen molar-refractivity contribution in [2.45, 2.75) is 0 Å². The van der Waals surface area contributed by atoms with E-state index in [4.69, 9.17) is 21.9 Å². The SMILES string of the molecule is CS(=O)(=O)/N=C(\N)NC(=O)c1ccc(Oc2ccccc2C(=O)N=C(N)N)cc1.Cl.Cl. The summed E-state index contributed by atoms with van der Waals surface area (Å²) in [5, 5.41) is 2.15. The molecule has 14 heteroatoms. The van der Waals surface area contributed by atoms with Gasteiger partial charge < -0.3 is 21.9 Å². The predicted molar refractivity (Wildman–Crippen MR) is 122 cm³/mol. The summed E-state index contributed by atoms with van der Waals surface area (Å²) in [5.41, 5.74) is 16.1. The second-order valence-corrected chi connectivity index (χ2v) is 7.28. The second kappa shape index (κ2) is 11.7. The highest BCUT2D eigenvalue weighted by molar-refractivity contribution is 7.89. The van der Waals surface area contributed by atoms with Crippen molar-refractivity contribution in [3.63, 3.8) is 0 Å². The van der Waals surface area contributed by atoms with E-state index in [1.807, 2.05) is 0 Å². The number of nitrogens with zero attached hydrogens (tertiary/aromatic N) is 2. The van der Waals surface area contributed by atoms with E-state index in [1.165, 1.54) is 30.3 Å². The molecule has 0 atom stereocenters. The number of nitrogens with one attached hydrogen (secondary N) is 1. The van der Waals surface area contributed by atoms with Crippen molar-refractivity contribution >= 4 is 58.6 Å². The standard InChI is InChI=1S/C17H18N6O5S.2ClH/c1-29(26,27)23-17(20)22-14(24)10-6-8-11(9-7-10)28-13-5-3-2-4-12(13)15(25)21-16(18)19;;/h2-9H,1H3,(H4,18,19,21,25)(H3,20,22,23,24);2*1H. The minimum Gasteiger partial charge on any atom is -0.457 e. The third kappa shape index (κ3) is 8.90. The van der Waals surface area contributed by atoms with Gasteiger partial charge in [0, 0.05) is 5.56 Å². The minimum atomic E-state index is -3.74. The molecule has 0 spiro atoms. The second-order valence-electron chi connectivity index (χ2n) is 5.63. The van der Waals surface area contributed by atoms with E-state index in [1.54, 1.807) is 18.2 Å². The summed E-state index contributed by atoms with van der Waals surface area (Å²) in [6, 6.07) is 12.1. The lowest BCUT2D eigenvalue weighted by molar-refractivity contribution is 0.0974. The average molecular weight is 491 g/mol. The van der Waals surface area contributed by atoms with Gasteiger partial charge in [-0.3, -0.25) is 14.9 Å². The van der Waals surface area contributed by atoms with Gasteiger partial charge in [-0.1, -0.05) is 12.1 Å². The number of halogens is 2. The summed E-state index contributed by atoms with van der Waals surface area (Å²) in [4.78, 5) is 27.6. The van der Waals surface area contributed by atoms with Crippen LogP contribution in [0, 0.1) is 0 Å². The van der Waals surface area contributed by atoms with Gasteiger partial charge in [-0.15, -0.1) is 29.2 Å². The molecule has 11 nitrogen and oxygen atoms in total. The number of aliphatic imine (C=N–C) groups is 1. The molecule has 0 aliphatic heterocycles. The molecule has 2 aromatic rings. The van der Waals surface area contributed by atoms with Crippen LogP contribution in [0.25, 0.3) is 0 Å². The number of sulfonamides is 1. The quantitative estimate of drug-likeness (QED) is 0.347. The number of hydrogen-bond donors (Lipinski definition) is 4. The largest absolute Gasteiger partial charge is 0.457 e. The molecule has 0 fully saturated rings. The van der Waals surface area contributed by atoms with Crippen LogP contribution in [-0.4, -0.2) is 38.4 Å². The van der Waals surface area contributed by atoms with Gasteiger partial charge in [-0.05, 0) is 36.4 Å². The van der Waals surface area contributed by atoms with Crippen molar-refractivity contribution in [1.82, 2.24) is 5.32 Å². The number of hydrogen-bond acceptors (Lipinski definition) is 5. The maximum absolute atomic E-state index is 12.1. The number of rotatable bonds is 5. The van der Waals surface area contributed by atoms with Crippen LogP contribution in [0.2, 0.25) is 0 Å². The molecule has 0 bridgehead atoms. The Balaban J connectivity index is 0.00000450. The zero-order valence-corrected chi connectivity index (χ0v) is 18.5. The summed E-state index contributed by atoms with van der Waals surface area (Å²) in [7, 11) is -3.74. The first-order valence-electron chi connectivity index (χ1n) is 7.93. The van der Waals surface area contributed by atoms with E-state index in [0.717, 1.165) is 6.26 Å². The molecule has 0 saturated heterocycles. The summed E-state index contributed by atoms with van der Waals surface area (Å²) in [6.45, 7) is 0. The molecule has 0 unspecified atom stereocenters. The van der Waals surface area contributed by atoms with Crippen LogP contribution in [0.4, 0.5) is 0 Å². The maximum atomic E-state index is 12.1. The molecule has 2 rings (SSSR count). The summed E-state index contributed by atoms with van der Waals surface area (Å²) in [5.74, 6) is -1.72. The summed E-state index contributed by atoms with van der Waals surface area (Å²) < 4.78 is 30.9. The minimum absolute atomic E-state index is 0. The first-order chi connectivity index (χ1) is 13.5. The monoisotopic (exact) mass is 490 g/mol. The highest BCUT2D eigenvalue weighted by atomic mass is 35.5. The lowest BCUT2D eigenvalue weighted by Crippen LogP contribution is -2.37. The maximum Gasteiger partial charge on any atom is 0.283 e. The smallest absolute Gasteiger partial charge is 0.283 e. The highest BCUT2D eigenvalue weighted by Crippen LogP contribution is 2.26. The third-order valence-electron chi connectivity index (χ3n) is 3.20. The van der Waals surface area contributed by atoms with Crippen LogP contribution < -0.4 is 27.3 Å². The number of para-hydroxylation sites is 1. The molecule has 0 aromatic heterocycles. The number of amides is 2. The van der Waals surface area contributed by atoms with E-state index in [2.05, 4.69) is 14.7 Å². The van der Waals surface area contributed by atoms with Crippen LogP contribution in [0.15, 0.2) is 57.9 Å². The van der Waals surface area contributed by atoms with E-state index >= 15 is 0 Å². The molecule has 2 aromatic carbocycles. The fourth-order valence-corrected chi connectivity index (χ4v) is 2.50. The molecule has 0 aliphatic carbocycles. The van der Waals surface area contributed by atoms with Crippen LogP contribution in [0.3, 0.4) is 0 Å². The van der Waals surface area contributed by atoms with Gasteiger partial charge in [0.05, 0.1) is 11.8 Å². The van der Waals surface area contributed by atoms with Gasteiger partial charge in [0.2, 0.25) is 5.96 Å². The Morgan fingerprint density at radius 3 is 2.10 bits per heavy atom. The predicted octanol–water partition coefficient (Wildman–Crippen LogP) is 0.740. The van der Waals surface area contributed by atoms with E-state index < -0.39 is 27.8 Å². The Kier molecular flexibility index (Phi) is 10.5. The Morgan fingerprint density at radius 1 is 0.968 bits per heavy atom. The van der Waals surface area contributed by atoms with Gasteiger partial charge in [0.15, 0.2) is 5.96 Å². The third-order valence-corrected chi connectivity index (χ3v) is 3.73. The van der Waals surface area contributed by atoms with Gasteiger partial charge in [-0.25, -0.2) is 8.42 Å². The molecule has 168 valence electrons. The number of ether oxygens (including phenoxy) is 1. The van der Waals surface area contributed by atoms with Crippen molar-refractivity contribution in [1.29, 1.82) is 0 Å². The Morgan fingerprint density at radius 2 is 1.55 bits per heavy atom. The lowest BCUT2D eigenvalue weighted by atomic mass is 10.2. The Bertz CT molecular complexity index is 1100. The molecular formula is C17H20Cl2N6O5S. The Hall–Kier alpha value is -3.35. The van der Waals surface area contributed by atoms with Crippen LogP contribution in [0.5, 0.6) is 11.5 Å².